The Morgan fingerprint density at radius 3 is 2.40 bits per heavy atom. The smallest absolute Gasteiger partial charge is 0.251 e. The largest absolute Gasteiger partial charge is 0.490 e. The van der Waals surface area contributed by atoms with Gasteiger partial charge in [-0.3, -0.25) is 4.79 Å². The van der Waals surface area contributed by atoms with Crippen LogP contribution in [0.15, 0.2) is 42.7 Å². The van der Waals surface area contributed by atoms with Gasteiger partial charge in [-0.1, -0.05) is 0 Å². The number of carbonyl (C=O) groups excluding carboxylic acids is 1. The maximum Gasteiger partial charge on any atom is 0.251 e. The Balaban J connectivity index is 1.65. The highest BCUT2D eigenvalue weighted by Crippen LogP contribution is 2.39. The van der Waals surface area contributed by atoms with Gasteiger partial charge in [0.2, 0.25) is 5.75 Å². The lowest BCUT2D eigenvalue weighted by Gasteiger charge is -2.17. The van der Waals surface area contributed by atoms with Gasteiger partial charge in [0.25, 0.3) is 5.91 Å². The van der Waals surface area contributed by atoms with Gasteiger partial charge in [-0.25, -0.2) is 4.98 Å². The van der Waals surface area contributed by atoms with Gasteiger partial charge in [0.05, 0.1) is 19.8 Å². The van der Waals surface area contributed by atoms with Crippen molar-refractivity contribution in [1.29, 1.82) is 0 Å². The van der Waals surface area contributed by atoms with E-state index in [-0.39, 0.29) is 5.91 Å². The Labute approximate surface area is 177 Å². The zero-order valence-electron chi connectivity index (χ0n) is 17.8. The minimum absolute atomic E-state index is 0.171. The number of aryl methyl sites for hydroxylation is 1. The number of pyridine rings is 1. The van der Waals surface area contributed by atoms with Crippen molar-refractivity contribution in [3.63, 3.8) is 0 Å². The number of benzene rings is 1. The number of nitrogens with one attached hydrogen (secondary N) is 1. The van der Waals surface area contributed by atoms with Crippen molar-refractivity contribution in [2.75, 3.05) is 26.4 Å². The first-order valence-electron chi connectivity index (χ1n) is 10.4. The van der Waals surface area contributed by atoms with Gasteiger partial charge in [0.1, 0.15) is 5.65 Å². The summed E-state index contributed by atoms with van der Waals surface area (Å²) in [5, 5.41) is 4.09. The number of nitrogens with zero attached hydrogens (tertiary/aromatic N) is 2. The second kappa shape index (κ2) is 10.5. The summed E-state index contributed by atoms with van der Waals surface area (Å²) < 4.78 is 19.2. The van der Waals surface area contributed by atoms with Crippen LogP contribution >= 0.6 is 0 Å². The van der Waals surface area contributed by atoms with E-state index >= 15 is 0 Å². The molecule has 7 heteroatoms. The molecule has 1 N–H and O–H groups in total. The molecule has 0 aliphatic carbocycles. The predicted octanol–water partition coefficient (Wildman–Crippen LogP) is 4.05. The highest BCUT2D eigenvalue weighted by atomic mass is 16.5. The molecule has 0 atom stereocenters. The quantitative estimate of drug-likeness (QED) is 0.482. The molecule has 0 unspecified atom stereocenters. The molecule has 1 amide bonds. The van der Waals surface area contributed by atoms with E-state index in [1.807, 2.05) is 45.2 Å². The van der Waals surface area contributed by atoms with Crippen LogP contribution in [0.1, 0.15) is 37.6 Å². The summed E-state index contributed by atoms with van der Waals surface area (Å²) in [6.45, 7) is 8.42. The summed E-state index contributed by atoms with van der Waals surface area (Å²) in [6.07, 6.45) is 4.60. The van der Waals surface area contributed by atoms with Gasteiger partial charge in [-0.15, -0.1) is 0 Å². The summed E-state index contributed by atoms with van der Waals surface area (Å²) in [5.41, 5.74) is 1.44. The average Bonchev–Trinajstić information content (AvgIpc) is 3.16. The summed E-state index contributed by atoms with van der Waals surface area (Å²) in [4.78, 5) is 17.1. The van der Waals surface area contributed by atoms with Crippen molar-refractivity contribution in [2.24, 2.45) is 0 Å². The maximum absolute atomic E-state index is 12.7. The molecule has 1 aromatic carbocycles. The van der Waals surface area contributed by atoms with Crippen LogP contribution in [0.4, 0.5) is 0 Å². The number of hydrogen-bond acceptors (Lipinski definition) is 5. The van der Waals surface area contributed by atoms with E-state index in [1.165, 1.54) is 0 Å². The number of carbonyl (C=O) groups is 1. The third-order valence-electron chi connectivity index (χ3n) is 4.56. The second-order valence-corrected chi connectivity index (χ2v) is 6.64. The number of hydrogen-bond donors (Lipinski definition) is 1. The maximum atomic E-state index is 12.7. The van der Waals surface area contributed by atoms with Crippen LogP contribution < -0.4 is 19.5 Å². The second-order valence-electron chi connectivity index (χ2n) is 6.64. The summed E-state index contributed by atoms with van der Waals surface area (Å²) in [7, 11) is 0. The Hall–Kier alpha value is -3.22. The van der Waals surface area contributed by atoms with Crippen LogP contribution in [0.3, 0.4) is 0 Å². The number of ether oxygens (including phenoxy) is 3. The molecule has 3 aromatic rings. The highest BCUT2D eigenvalue weighted by Gasteiger charge is 2.18. The lowest BCUT2D eigenvalue weighted by molar-refractivity contribution is 0.0951. The van der Waals surface area contributed by atoms with E-state index < -0.39 is 0 Å². The average molecular weight is 412 g/mol. The normalized spacial score (nSPS) is 10.8. The van der Waals surface area contributed by atoms with Gasteiger partial charge >= 0.3 is 0 Å². The Kier molecular flexibility index (Phi) is 7.54. The molecule has 3 rings (SSSR count). The number of amides is 1. The lowest BCUT2D eigenvalue weighted by Crippen LogP contribution is -2.25. The molecule has 0 saturated carbocycles. The van der Waals surface area contributed by atoms with Crippen molar-refractivity contribution in [3.8, 4) is 17.2 Å². The molecule has 0 bridgehead atoms. The molecule has 0 saturated heterocycles. The van der Waals surface area contributed by atoms with E-state index in [2.05, 4.69) is 14.9 Å². The lowest BCUT2D eigenvalue weighted by atomic mass is 10.1. The topological polar surface area (TPSA) is 74.6 Å². The van der Waals surface area contributed by atoms with Crippen LogP contribution in [0.2, 0.25) is 0 Å². The van der Waals surface area contributed by atoms with Gasteiger partial charge < -0.3 is 24.1 Å². The van der Waals surface area contributed by atoms with E-state index in [9.17, 15) is 4.79 Å². The van der Waals surface area contributed by atoms with Crippen LogP contribution in [-0.4, -0.2) is 41.8 Å². The van der Waals surface area contributed by atoms with Crippen LogP contribution in [0.25, 0.3) is 11.0 Å². The van der Waals surface area contributed by atoms with Crippen LogP contribution in [-0.2, 0) is 6.54 Å². The Morgan fingerprint density at radius 1 is 1.03 bits per heavy atom. The molecule has 0 aliphatic heterocycles. The minimum atomic E-state index is -0.171. The van der Waals surface area contributed by atoms with E-state index in [4.69, 9.17) is 14.2 Å². The van der Waals surface area contributed by atoms with Crippen molar-refractivity contribution in [1.82, 2.24) is 14.9 Å². The van der Waals surface area contributed by atoms with Crippen molar-refractivity contribution < 1.29 is 19.0 Å². The summed E-state index contributed by atoms with van der Waals surface area (Å²) in [5.74, 6) is 1.39. The molecule has 2 heterocycles. The molecular weight excluding hydrogens is 382 g/mol. The third-order valence-corrected chi connectivity index (χ3v) is 4.56. The monoisotopic (exact) mass is 411 g/mol. The summed E-state index contributed by atoms with van der Waals surface area (Å²) >= 11 is 0. The van der Waals surface area contributed by atoms with Crippen molar-refractivity contribution in [3.05, 3.63) is 48.3 Å². The zero-order chi connectivity index (χ0) is 21.3. The SMILES string of the molecule is CCOc1cc(C(=O)NCCCn2ccc3cccnc32)cc(OCC)c1OCC. The predicted molar refractivity (Wildman–Crippen MR) is 117 cm³/mol. The minimum Gasteiger partial charge on any atom is -0.490 e. The number of fused-ring (bicyclic) bond motifs is 1. The first-order chi connectivity index (χ1) is 14.7. The fraction of sp³-hybridized carbons (Fsp3) is 0.391. The number of rotatable bonds is 11. The van der Waals surface area contributed by atoms with Gasteiger partial charge in [0.15, 0.2) is 11.5 Å². The molecule has 0 radical (unpaired) electrons. The van der Waals surface area contributed by atoms with Crippen molar-refractivity contribution >= 4 is 16.9 Å². The van der Waals surface area contributed by atoms with E-state index in [0.717, 1.165) is 24.0 Å². The molecule has 2 aromatic heterocycles. The Morgan fingerprint density at radius 2 is 1.73 bits per heavy atom. The molecular formula is C23H29N3O4. The first-order valence-corrected chi connectivity index (χ1v) is 10.4. The van der Waals surface area contributed by atoms with Crippen LogP contribution in [0.5, 0.6) is 17.2 Å². The fourth-order valence-electron chi connectivity index (χ4n) is 3.27. The highest BCUT2D eigenvalue weighted by molar-refractivity contribution is 5.95. The van der Waals surface area contributed by atoms with Crippen molar-refractivity contribution in [2.45, 2.75) is 33.7 Å². The Bertz CT molecular complexity index is 956. The molecule has 0 fully saturated rings. The van der Waals surface area contributed by atoms with E-state index in [1.54, 1.807) is 18.3 Å². The van der Waals surface area contributed by atoms with Crippen LogP contribution in [0, 0.1) is 0 Å². The zero-order valence-corrected chi connectivity index (χ0v) is 17.8. The summed E-state index contributed by atoms with van der Waals surface area (Å²) in [6, 6.07) is 9.42. The number of aromatic nitrogens is 2. The molecule has 0 spiro atoms. The van der Waals surface area contributed by atoms with Gasteiger partial charge in [-0.2, -0.15) is 0 Å². The molecule has 7 nitrogen and oxygen atoms in total. The van der Waals surface area contributed by atoms with Gasteiger partial charge in [0, 0.05) is 36.4 Å². The molecule has 160 valence electrons. The third kappa shape index (κ3) is 5.03. The fourth-order valence-corrected chi connectivity index (χ4v) is 3.27. The molecule has 30 heavy (non-hydrogen) atoms. The molecule has 0 aliphatic rings. The first kappa shape index (κ1) is 21.5. The van der Waals surface area contributed by atoms with E-state index in [0.29, 0.717) is 49.2 Å². The standard InChI is InChI=1S/C23H29N3O4/c1-4-28-19-15-18(16-20(29-5-2)21(19)30-6-3)23(27)25-12-8-13-26-14-10-17-9-7-11-24-22(17)26/h7,9-11,14-16H,4-6,8,12-13H2,1-3H3,(H,25,27). The van der Waals surface area contributed by atoms with Gasteiger partial charge in [-0.05, 0) is 57.5 Å².